The number of aliphatic hydroxyl groups excluding tert-OH is 1. The van der Waals surface area contributed by atoms with Gasteiger partial charge in [0.15, 0.2) is 0 Å². The Morgan fingerprint density at radius 2 is 1.86 bits per heavy atom. The summed E-state index contributed by atoms with van der Waals surface area (Å²) in [6.07, 6.45) is 0. The summed E-state index contributed by atoms with van der Waals surface area (Å²) in [5, 5.41) is 8.88. The van der Waals surface area contributed by atoms with Crippen molar-refractivity contribution in [2.45, 2.75) is 13.8 Å². The Kier molecular flexibility index (Phi) is 4.61. The molecular formula is C16H20N2O4. The van der Waals surface area contributed by atoms with Gasteiger partial charge in [-0.25, -0.2) is 0 Å². The molecule has 6 nitrogen and oxygen atoms in total. The third-order valence-electron chi connectivity index (χ3n) is 3.55. The largest absolute Gasteiger partial charge is 0.395 e. The van der Waals surface area contributed by atoms with Gasteiger partial charge in [0.1, 0.15) is 0 Å². The monoisotopic (exact) mass is 304 g/mol. The maximum absolute atomic E-state index is 12.4. The fourth-order valence-corrected chi connectivity index (χ4v) is 2.43. The molecule has 0 spiro atoms. The maximum Gasteiger partial charge on any atom is 0.261 e. The summed E-state index contributed by atoms with van der Waals surface area (Å²) < 4.78 is 0. The summed E-state index contributed by atoms with van der Waals surface area (Å²) in [5.41, 5.74) is 0.947. The van der Waals surface area contributed by atoms with Crippen LogP contribution < -0.4 is 0 Å². The molecule has 0 unspecified atom stereocenters. The van der Waals surface area contributed by atoms with Crippen molar-refractivity contribution in [2.75, 3.05) is 26.7 Å². The lowest BCUT2D eigenvalue weighted by molar-refractivity contribution is 0.0636. The van der Waals surface area contributed by atoms with Gasteiger partial charge in [0, 0.05) is 25.7 Å². The van der Waals surface area contributed by atoms with Gasteiger partial charge in [-0.05, 0) is 24.1 Å². The first-order valence-electron chi connectivity index (χ1n) is 7.23. The van der Waals surface area contributed by atoms with Crippen LogP contribution in [0.3, 0.4) is 0 Å². The van der Waals surface area contributed by atoms with Crippen LogP contribution >= 0.6 is 0 Å². The van der Waals surface area contributed by atoms with Crippen molar-refractivity contribution in [1.29, 1.82) is 0 Å². The zero-order chi connectivity index (χ0) is 16.4. The number of benzene rings is 1. The van der Waals surface area contributed by atoms with Crippen molar-refractivity contribution in [3.8, 4) is 0 Å². The Morgan fingerprint density at radius 1 is 1.23 bits per heavy atom. The molecule has 118 valence electrons. The number of hydrogen-bond acceptors (Lipinski definition) is 4. The lowest BCUT2D eigenvalue weighted by Gasteiger charge is -2.16. The van der Waals surface area contributed by atoms with Gasteiger partial charge < -0.3 is 10.0 Å². The summed E-state index contributed by atoms with van der Waals surface area (Å²) >= 11 is 0. The third kappa shape index (κ3) is 2.87. The van der Waals surface area contributed by atoms with Crippen LogP contribution in [0.4, 0.5) is 0 Å². The molecule has 22 heavy (non-hydrogen) atoms. The Balaban J connectivity index is 2.31. The summed E-state index contributed by atoms with van der Waals surface area (Å²) in [6.45, 7) is 4.31. The van der Waals surface area contributed by atoms with Crippen LogP contribution in [0.25, 0.3) is 0 Å². The van der Waals surface area contributed by atoms with Crippen molar-refractivity contribution in [1.82, 2.24) is 9.80 Å². The molecule has 0 aliphatic carbocycles. The highest BCUT2D eigenvalue weighted by Crippen LogP contribution is 2.25. The predicted octanol–water partition coefficient (Wildman–Crippen LogP) is 1.00. The Labute approximate surface area is 129 Å². The Bertz CT molecular complexity index is 625. The minimum absolute atomic E-state index is 0.132. The quantitative estimate of drug-likeness (QED) is 0.823. The molecule has 1 aromatic carbocycles. The average Bonchev–Trinajstić information content (AvgIpc) is 2.71. The van der Waals surface area contributed by atoms with E-state index in [1.165, 1.54) is 21.9 Å². The van der Waals surface area contributed by atoms with E-state index in [1.807, 2.05) is 13.8 Å². The number of amides is 3. The number of fused-ring (bicyclic) bond motifs is 1. The highest BCUT2D eigenvalue weighted by atomic mass is 16.3. The smallest absolute Gasteiger partial charge is 0.261 e. The number of likely N-dealkylation sites (N-methyl/N-ethyl adjacent to an activating group) is 1. The summed E-state index contributed by atoms with van der Waals surface area (Å²) in [7, 11) is 1.57. The van der Waals surface area contributed by atoms with Gasteiger partial charge in [-0.3, -0.25) is 19.3 Å². The minimum Gasteiger partial charge on any atom is -0.395 e. The van der Waals surface area contributed by atoms with E-state index < -0.39 is 0 Å². The fraction of sp³-hybridized carbons (Fsp3) is 0.438. The number of hydrogen-bond donors (Lipinski definition) is 1. The lowest BCUT2D eigenvalue weighted by Crippen LogP contribution is -2.33. The first-order chi connectivity index (χ1) is 10.4. The number of carbonyl (C=O) groups excluding carboxylic acids is 3. The molecule has 6 heteroatoms. The van der Waals surface area contributed by atoms with Gasteiger partial charge in [0.2, 0.25) is 0 Å². The van der Waals surface area contributed by atoms with Crippen molar-refractivity contribution in [3.05, 3.63) is 34.9 Å². The SMILES string of the molecule is CC(C)CN1C(=O)c2ccc(C(=O)N(C)CCO)cc2C1=O. The van der Waals surface area contributed by atoms with Gasteiger partial charge in [0.05, 0.1) is 17.7 Å². The van der Waals surface area contributed by atoms with Crippen molar-refractivity contribution < 1.29 is 19.5 Å². The number of nitrogens with zero attached hydrogens (tertiary/aromatic N) is 2. The molecular weight excluding hydrogens is 284 g/mol. The molecule has 1 aromatic rings. The zero-order valence-electron chi connectivity index (χ0n) is 13.0. The standard InChI is InChI=1S/C16H20N2O4/c1-10(2)9-18-15(21)12-5-4-11(8-13(12)16(18)22)14(20)17(3)6-7-19/h4-5,8,10,19H,6-7,9H2,1-3H3. The molecule has 3 amide bonds. The van der Waals surface area contributed by atoms with E-state index in [0.717, 1.165) is 0 Å². The second kappa shape index (κ2) is 6.27. The van der Waals surface area contributed by atoms with E-state index >= 15 is 0 Å². The van der Waals surface area contributed by atoms with E-state index in [2.05, 4.69) is 0 Å². The molecule has 0 bridgehead atoms. The summed E-state index contributed by atoms with van der Waals surface area (Å²) in [6, 6.07) is 4.53. The van der Waals surface area contributed by atoms with E-state index in [1.54, 1.807) is 13.1 Å². The van der Waals surface area contributed by atoms with Crippen molar-refractivity contribution >= 4 is 17.7 Å². The van der Waals surface area contributed by atoms with Gasteiger partial charge >= 0.3 is 0 Å². The number of aliphatic hydroxyl groups is 1. The summed E-state index contributed by atoms with van der Waals surface area (Å²) in [5.74, 6) is -0.775. The van der Waals surface area contributed by atoms with E-state index in [0.29, 0.717) is 17.7 Å². The minimum atomic E-state index is -0.354. The lowest BCUT2D eigenvalue weighted by atomic mass is 10.1. The molecule has 1 aliphatic rings. The third-order valence-corrected chi connectivity index (χ3v) is 3.55. The molecule has 0 radical (unpaired) electrons. The molecule has 1 aliphatic heterocycles. The highest BCUT2D eigenvalue weighted by Gasteiger charge is 2.36. The van der Waals surface area contributed by atoms with E-state index in [-0.39, 0.29) is 42.4 Å². The molecule has 1 N–H and O–H groups in total. The van der Waals surface area contributed by atoms with Crippen molar-refractivity contribution in [3.63, 3.8) is 0 Å². The maximum atomic E-state index is 12.4. The number of carbonyl (C=O) groups is 3. The van der Waals surface area contributed by atoms with Crippen LogP contribution in [-0.4, -0.2) is 59.4 Å². The second-order valence-electron chi connectivity index (χ2n) is 5.83. The first kappa shape index (κ1) is 16.2. The molecule has 0 atom stereocenters. The van der Waals surface area contributed by atoms with Crippen LogP contribution in [0.2, 0.25) is 0 Å². The Hall–Kier alpha value is -2.21. The van der Waals surface area contributed by atoms with Gasteiger partial charge in [-0.1, -0.05) is 13.8 Å². The fourth-order valence-electron chi connectivity index (χ4n) is 2.43. The second-order valence-corrected chi connectivity index (χ2v) is 5.83. The molecule has 0 saturated heterocycles. The van der Waals surface area contributed by atoms with E-state index in [4.69, 9.17) is 5.11 Å². The van der Waals surface area contributed by atoms with Crippen LogP contribution in [0.15, 0.2) is 18.2 Å². The van der Waals surface area contributed by atoms with Crippen LogP contribution in [-0.2, 0) is 0 Å². The highest BCUT2D eigenvalue weighted by molar-refractivity contribution is 6.22. The average molecular weight is 304 g/mol. The van der Waals surface area contributed by atoms with Gasteiger partial charge in [0.25, 0.3) is 17.7 Å². The molecule has 1 heterocycles. The van der Waals surface area contributed by atoms with Crippen LogP contribution in [0.1, 0.15) is 44.9 Å². The topological polar surface area (TPSA) is 77.9 Å². The van der Waals surface area contributed by atoms with Crippen molar-refractivity contribution in [2.24, 2.45) is 5.92 Å². The zero-order valence-corrected chi connectivity index (χ0v) is 13.0. The van der Waals surface area contributed by atoms with Crippen LogP contribution in [0, 0.1) is 5.92 Å². The molecule has 2 rings (SSSR count). The number of rotatable bonds is 5. The normalized spacial score (nSPS) is 13.8. The predicted molar refractivity (Wildman–Crippen MR) is 80.7 cm³/mol. The first-order valence-corrected chi connectivity index (χ1v) is 7.23. The molecule has 0 aromatic heterocycles. The van der Waals surface area contributed by atoms with Crippen LogP contribution in [0.5, 0.6) is 0 Å². The Morgan fingerprint density at radius 3 is 2.45 bits per heavy atom. The van der Waals surface area contributed by atoms with Gasteiger partial charge in [-0.2, -0.15) is 0 Å². The summed E-state index contributed by atoms with van der Waals surface area (Å²) in [4.78, 5) is 39.4. The van der Waals surface area contributed by atoms with E-state index in [9.17, 15) is 14.4 Å². The van der Waals surface area contributed by atoms with Gasteiger partial charge in [-0.15, -0.1) is 0 Å². The molecule has 0 fully saturated rings. The number of imide groups is 1. The molecule has 0 saturated carbocycles.